The molecule has 35 heavy (non-hydrogen) atoms. The van der Waals surface area contributed by atoms with E-state index in [1.165, 1.54) is 42.0 Å². The Morgan fingerprint density at radius 1 is 0.914 bits per heavy atom. The Hall–Kier alpha value is -2.78. The van der Waals surface area contributed by atoms with E-state index >= 15 is 0 Å². The molecule has 0 amide bonds. The van der Waals surface area contributed by atoms with Gasteiger partial charge >= 0.3 is 0 Å². The third kappa shape index (κ3) is 4.25. The van der Waals surface area contributed by atoms with Gasteiger partial charge in [0.2, 0.25) is 5.52 Å². The molecule has 0 aliphatic carbocycles. The summed E-state index contributed by atoms with van der Waals surface area (Å²) in [7, 11) is 4.27. The van der Waals surface area contributed by atoms with Crippen LogP contribution in [0.15, 0.2) is 69.2 Å². The van der Waals surface area contributed by atoms with Crippen LogP contribution in [0.25, 0.3) is 37.4 Å². The molecule has 1 aliphatic heterocycles. The van der Waals surface area contributed by atoms with E-state index in [1.807, 2.05) is 36.9 Å². The minimum absolute atomic E-state index is 1.07. The van der Waals surface area contributed by atoms with E-state index in [0.717, 1.165) is 21.4 Å². The number of thiazole rings is 3. The van der Waals surface area contributed by atoms with Crippen LogP contribution < -0.4 is 9.47 Å². The third-order valence-corrected chi connectivity index (χ3v) is 10.3. The van der Waals surface area contributed by atoms with Crippen molar-refractivity contribution < 1.29 is 4.57 Å². The Morgan fingerprint density at radius 3 is 2.29 bits per heavy atom. The van der Waals surface area contributed by atoms with Crippen molar-refractivity contribution in [3.05, 3.63) is 80.7 Å². The normalized spacial score (nSPS) is 14.6. The molecule has 3 aromatic heterocycles. The lowest BCUT2D eigenvalue weighted by atomic mass is 10.2. The lowest BCUT2D eigenvalue weighted by molar-refractivity contribution is -0.642. The average Bonchev–Trinajstić information content (AvgIpc) is 3.62. The maximum atomic E-state index is 4.65. The standard InChI is InChI=1S/C27H23N4S4/c1-16-14-32-26(28-16)18-8-10-22-20(12-18)30(3)24(34-22)6-5-7-25-31(4)21-13-19(9-11-23(21)35-25)27-29-17(2)15-33-27/h5-15H,1-4H3/q+1. The largest absolute Gasteiger partial charge is 0.338 e. The van der Waals surface area contributed by atoms with Gasteiger partial charge in [0.15, 0.2) is 0 Å². The Balaban J connectivity index is 1.25. The molecule has 174 valence electrons. The Morgan fingerprint density at radius 2 is 1.60 bits per heavy atom. The van der Waals surface area contributed by atoms with Crippen LogP contribution in [-0.2, 0) is 7.05 Å². The molecular formula is C27H23N4S4+. The summed E-state index contributed by atoms with van der Waals surface area (Å²) in [6.45, 7) is 4.08. The predicted molar refractivity (Wildman–Crippen MR) is 153 cm³/mol. The zero-order valence-corrected chi connectivity index (χ0v) is 23.0. The molecule has 5 aromatic rings. The molecular weight excluding hydrogens is 509 g/mol. The van der Waals surface area contributed by atoms with E-state index < -0.39 is 0 Å². The highest BCUT2D eigenvalue weighted by molar-refractivity contribution is 8.03. The van der Waals surface area contributed by atoms with E-state index in [4.69, 9.17) is 0 Å². The van der Waals surface area contributed by atoms with Crippen molar-refractivity contribution in [2.45, 2.75) is 18.7 Å². The van der Waals surface area contributed by atoms with Crippen molar-refractivity contribution in [3.8, 4) is 21.1 Å². The zero-order valence-electron chi connectivity index (χ0n) is 19.8. The predicted octanol–water partition coefficient (Wildman–Crippen LogP) is 7.69. The van der Waals surface area contributed by atoms with Crippen molar-refractivity contribution in [1.29, 1.82) is 0 Å². The summed E-state index contributed by atoms with van der Waals surface area (Å²) in [5.41, 5.74) is 6.96. The summed E-state index contributed by atoms with van der Waals surface area (Å²) in [4.78, 5) is 12.8. The lowest BCUT2D eigenvalue weighted by Gasteiger charge is -2.13. The van der Waals surface area contributed by atoms with Gasteiger partial charge in [-0.1, -0.05) is 41.3 Å². The number of anilines is 1. The molecule has 0 spiro atoms. The quantitative estimate of drug-likeness (QED) is 0.223. The van der Waals surface area contributed by atoms with E-state index in [2.05, 4.69) is 98.9 Å². The number of thioether (sulfide) groups is 1. The van der Waals surface area contributed by atoms with Crippen molar-refractivity contribution in [2.24, 2.45) is 7.05 Å². The van der Waals surface area contributed by atoms with E-state index in [-0.39, 0.29) is 0 Å². The molecule has 0 saturated carbocycles. The summed E-state index contributed by atoms with van der Waals surface area (Å²) in [6, 6.07) is 13.3. The maximum Gasteiger partial charge on any atom is 0.262 e. The summed E-state index contributed by atoms with van der Waals surface area (Å²) in [6.07, 6.45) is 6.56. The first-order valence-electron chi connectivity index (χ1n) is 11.2. The fraction of sp³-hybridized carbons (Fsp3) is 0.148. The van der Waals surface area contributed by atoms with Gasteiger partial charge in [0.1, 0.15) is 21.8 Å². The lowest BCUT2D eigenvalue weighted by Crippen LogP contribution is -2.28. The molecule has 0 radical (unpaired) electrons. The van der Waals surface area contributed by atoms with Gasteiger partial charge in [0.25, 0.3) is 5.01 Å². The molecule has 4 nitrogen and oxygen atoms in total. The molecule has 0 unspecified atom stereocenters. The molecule has 6 rings (SSSR count). The van der Waals surface area contributed by atoms with Crippen molar-refractivity contribution in [2.75, 3.05) is 11.9 Å². The number of aromatic nitrogens is 3. The third-order valence-electron chi connectivity index (χ3n) is 5.94. The Kier molecular flexibility index (Phi) is 5.84. The van der Waals surface area contributed by atoms with Crippen LogP contribution in [0.2, 0.25) is 0 Å². The van der Waals surface area contributed by atoms with Crippen LogP contribution in [0.3, 0.4) is 0 Å². The number of allylic oxidation sites excluding steroid dienone is 2. The number of rotatable bonds is 4. The molecule has 0 atom stereocenters. The van der Waals surface area contributed by atoms with Crippen molar-refractivity contribution in [3.63, 3.8) is 0 Å². The molecule has 0 bridgehead atoms. The van der Waals surface area contributed by atoms with Gasteiger partial charge in [0, 0.05) is 57.4 Å². The fourth-order valence-corrected chi connectivity index (χ4v) is 7.75. The number of nitrogens with zero attached hydrogens (tertiary/aromatic N) is 4. The topological polar surface area (TPSA) is 32.9 Å². The summed E-state index contributed by atoms with van der Waals surface area (Å²) < 4.78 is 3.54. The first-order valence-corrected chi connectivity index (χ1v) is 14.6. The highest BCUT2D eigenvalue weighted by atomic mass is 32.2. The van der Waals surface area contributed by atoms with Crippen LogP contribution in [0.5, 0.6) is 0 Å². The molecule has 0 saturated heterocycles. The first-order chi connectivity index (χ1) is 17.0. The van der Waals surface area contributed by atoms with Crippen LogP contribution in [0, 0.1) is 13.8 Å². The van der Waals surface area contributed by atoms with E-state index in [9.17, 15) is 0 Å². The van der Waals surface area contributed by atoms with Gasteiger partial charge in [-0.05, 0) is 38.1 Å². The SMILES string of the molecule is Cc1csc(-c2ccc3c(c2)N(C)C(=CC=Cc2sc4ccc(-c5nc(C)cs5)cc4[n+]2C)S3)n1. The summed E-state index contributed by atoms with van der Waals surface area (Å²) >= 11 is 7.02. The summed E-state index contributed by atoms with van der Waals surface area (Å²) in [5.74, 6) is 0. The van der Waals surface area contributed by atoms with E-state index in [0.29, 0.717) is 0 Å². The number of benzene rings is 2. The minimum Gasteiger partial charge on any atom is -0.338 e. The van der Waals surface area contributed by atoms with Gasteiger partial charge in [-0.3, -0.25) is 0 Å². The Labute approximate surface area is 220 Å². The number of hydrogen-bond acceptors (Lipinski definition) is 7. The van der Waals surface area contributed by atoms with Gasteiger partial charge in [-0.25, -0.2) is 9.97 Å². The second-order valence-electron chi connectivity index (χ2n) is 8.48. The number of fused-ring (bicyclic) bond motifs is 2. The van der Waals surface area contributed by atoms with Crippen LogP contribution in [-0.4, -0.2) is 17.0 Å². The molecule has 2 aromatic carbocycles. The van der Waals surface area contributed by atoms with Gasteiger partial charge in [-0.15, -0.1) is 22.7 Å². The molecule has 4 heterocycles. The maximum absolute atomic E-state index is 4.65. The summed E-state index contributed by atoms with van der Waals surface area (Å²) in [5, 5.41) is 8.79. The zero-order chi connectivity index (χ0) is 24.1. The number of hydrogen-bond donors (Lipinski definition) is 0. The number of aryl methyl sites for hydroxylation is 3. The first kappa shape index (κ1) is 22.7. The van der Waals surface area contributed by atoms with Gasteiger partial charge < -0.3 is 4.90 Å². The molecule has 8 heteroatoms. The molecule has 0 fully saturated rings. The monoisotopic (exact) mass is 531 g/mol. The van der Waals surface area contributed by atoms with E-state index in [1.54, 1.807) is 22.7 Å². The van der Waals surface area contributed by atoms with Crippen molar-refractivity contribution in [1.82, 2.24) is 9.97 Å². The minimum atomic E-state index is 1.07. The Bertz CT molecular complexity index is 1640. The highest BCUT2D eigenvalue weighted by Crippen LogP contribution is 2.46. The average molecular weight is 532 g/mol. The van der Waals surface area contributed by atoms with Crippen LogP contribution in [0.4, 0.5) is 5.69 Å². The second kappa shape index (κ2) is 9.02. The molecule has 1 aliphatic rings. The molecule has 0 N–H and O–H groups in total. The van der Waals surface area contributed by atoms with Gasteiger partial charge in [0.05, 0.1) is 10.7 Å². The fourth-order valence-electron chi connectivity index (χ4n) is 4.07. The second-order valence-corrected chi connectivity index (χ2v) is 12.3. The van der Waals surface area contributed by atoms with Crippen LogP contribution >= 0.6 is 45.8 Å². The van der Waals surface area contributed by atoms with Crippen molar-refractivity contribution >= 4 is 67.8 Å². The smallest absolute Gasteiger partial charge is 0.262 e. The highest BCUT2D eigenvalue weighted by Gasteiger charge is 2.23. The van der Waals surface area contributed by atoms with Gasteiger partial charge in [-0.2, -0.15) is 4.57 Å². The van der Waals surface area contributed by atoms with Crippen LogP contribution in [0.1, 0.15) is 16.4 Å².